The monoisotopic (exact) mass is 269 g/mol. The lowest BCUT2D eigenvalue weighted by Crippen LogP contribution is -2.03. The van der Waals surface area contributed by atoms with Crippen LogP contribution in [0.3, 0.4) is 0 Å². The van der Waals surface area contributed by atoms with E-state index in [2.05, 4.69) is 12.0 Å². The molecule has 2 aromatic rings. The lowest BCUT2D eigenvalue weighted by atomic mass is 10.1. The number of nitrogens with two attached hydrogens (primary N) is 1. The molecule has 0 radical (unpaired) electrons. The van der Waals surface area contributed by atoms with Gasteiger partial charge >= 0.3 is 0 Å². The van der Waals surface area contributed by atoms with Gasteiger partial charge in [-0.25, -0.2) is 4.68 Å². The third-order valence-electron chi connectivity index (χ3n) is 2.45. The van der Waals surface area contributed by atoms with E-state index in [1.807, 2.05) is 12.1 Å². The summed E-state index contributed by atoms with van der Waals surface area (Å²) in [7, 11) is 0. The van der Waals surface area contributed by atoms with Crippen LogP contribution < -0.4 is 5.73 Å². The van der Waals surface area contributed by atoms with Crippen molar-refractivity contribution in [2.24, 2.45) is 0 Å². The van der Waals surface area contributed by atoms with E-state index >= 15 is 0 Å². The van der Waals surface area contributed by atoms with Gasteiger partial charge < -0.3 is 5.73 Å². The maximum absolute atomic E-state index is 6.13. The standard InChI is InChI=1S/C12H13Cl2N3/c1-2-5-17-12(15)7-11(16-17)9-4-3-8(13)6-10(9)14/h3-4,6-7H,2,5,15H2,1H3. The van der Waals surface area contributed by atoms with Crippen LogP contribution in [-0.2, 0) is 6.54 Å². The third kappa shape index (κ3) is 2.56. The van der Waals surface area contributed by atoms with E-state index in [1.54, 1.807) is 16.8 Å². The largest absolute Gasteiger partial charge is 0.384 e. The van der Waals surface area contributed by atoms with Crippen molar-refractivity contribution in [2.45, 2.75) is 19.9 Å². The van der Waals surface area contributed by atoms with Gasteiger partial charge in [0.1, 0.15) is 5.82 Å². The summed E-state index contributed by atoms with van der Waals surface area (Å²) in [6.45, 7) is 2.88. The van der Waals surface area contributed by atoms with Crippen LogP contribution in [-0.4, -0.2) is 9.78 Å². The normalized spacial score (nSPS) is 10.8. The number of halogens is 2. The number of hydrogen-bond acceptors (Lipinski definition) is 2. The number of aromatic nitrogens is 2. The number of nitrogens with zero attached hydrogens (tertiary/aromatic N) is 2. The zero-order valence-corrected chi connectivity index (χ0v) is 11.0. The van der Waals surface area contributed by atoms with Gasteiger partial charge in [0.2, 0.25) is 0 Å². The van der Waals surface area contributed by atoms with Crippen molar-refractivity contribution in [3.63, 3.8) is 0 Å². The Balaban J connectivity index is 2.42. The molecule has 1 heterocycles. The van der Waals surface area contributed by atoms with Crippen LogP contribution in [0.5, 0.6) is 0 Å². The molecule has 0 fully saturated rings. The maximum atomic E-state index is 6.13. The average Bonchev–Trinajstić information content (AvgIpc) is 2.60. The fourth-order valence-corrected chi connectivity index (χ4v) is 2.16. The van der Waals surface area contributed by atoms with Crippen LogP contribution in [0, 0.1) is 0 Å². The molecule has 17 heavy (non-hydrogen) atoms. The summed E-state index contributed by atoms with van der Waals surface area (Å²) in [6.07, 6.45) is 0.986. The molecule has 90 valence electrons. The summed E-state index contributed by atoms with van der Waals surface area (Å²) in [5.41, 5.74) is 7.50. The molecule has 0 saturated carbocycles. The first-order valence-electron chi connectivity index (χ1n) is 5.40. The van der Waals surface area contributed by atoms with Gasteiger partial charge in [-0.15, -0.1) is 0 Å². The molecule has 0 unspecified atom stereocenters. The summed E-state index contributed by atoms with van der Waals surface area (Å²) in [6, 6.07) is 7.17. The predicted molar refractivity (Wildman–Crippen MR) is 72.4 cm³/mol. The molecular formula is C12H13Cl2N3. The highest BCUT2D eigenvalue weighted by Gasteiger charge is 2.10. The Labute approximate surface area is 110 Å². The van der Waals surface area contributed by atoms with Crippen molar-refractivity contribution in [1.82, 2.24) is 9.78 Å². The minimum atomic E-state index is 0.582. The van der Waals surface area contributed by atoms with E-state index in [1.165, 1.54) is 0 Å². The van der Waals surface area contributed by atoms with E-state index in [4.69, 9.17) is 28.9 Å². The van der Waals surface area contributed by atoms with Crippen molar-refractivity contribution < 1.29 is 0 Å². The summed E-state index contributed by atoms with van der Waals surface area (Å²) >= 11 is 12.0. The smallest absolute Gasteiger partial charge is 0.122 e. The first-order chi connectivity index (χ1) is 8.11. The highest BCUT2D eigenvalue weighted by molar-refractivity contribution is 6.36. The molecule has 0 aliphatic rings. The molecule has 2 N–H and O–H groups in total. The van der Waals surface area contributed by atoms with Crippen molar-refractivity contribution in [3.05, 3.63) is 34.3 Å². The lowest BCUT2D eigenvalue weighted by Gasteiger charge is -2.01. The van der Waals surface area contributed by atoms with Crippen molar-refractivity contribution >= 4 is 29.0 Å². The van der Waals surface area contributed by atoms with Gasteiger partial charge in [0.25, 0.3) is 0 Å². The van der Waals surface area contributed by atoms with E-state index < -0.39 is 0 Å². The van der Waals surface area contributed by atoms with Crippen molar-refractivity contribution in [1.29, 1.82) is 0 Å². The molecule has 0 atom stereocenters. The van der Waals surface area contributed by atoms with Crippen LogP contribution in [0.2, 0.25) is 10.0 Å². The number of aryl methyl sites for hydroxylation is 1. The van der Waals surface area contributed by atoms with E-state index in [0.717, 1.165) is 24.2 Å². The molecular weight excluding hydrogens is 257 g/mol. The third-order valence-corrected chi connectivity index (χ3v) is 3.00. The summed E-state index contributed by atoms with van der Waals surface area (Å²) in [5.74, 6) is 0.646. The van der Waals surface area contributed by atoms with Gasteiger partial charge in [-0.1, -0.05) is 30.1 Å². The Bertz CT molecular complexity index is 535. The number of nitrogen functional groups attached to an aromatic ring is 1. The summed E-state index contributed by atoms with van der Waals surface area (Å²) in [5, 5.41) is 5.62. The Kier molecular flexibility index (Phi) is 3.60. The fourth-order valence-electron chi connectivity index (χ4n) is 1.65. The molecule has 1 aromatic heterocycles. The molecule has 0 aliphatic carbocycles. The quantitative estimate of drug-likeness (QED) is 0.920. The maximum Gasteiger partial charge on any atom is 0.122 e. The van der Waals surface area contributed by atoms with Crippen LogP contribution in [0.25, 0.3) is 11.3 Å². The summed E-state index contributed by atoms with van der Waals surface area (Å²) < 4.78 is 1.78. The van der Waals surface area contributed by atoms with Crippen molar-refractivity contribution in [2.75, 3.05) is 5.73 Å². The highest BCUT2D eigenvalue weighted by atomic mass is 35.5. The van der Waals surface area contributed by atoms with Gasteiger partial charge in [-0.2, -0.15) is 5.10 Å². The van der Waals surface area contributed by atoms with Crippen LogP contribution in [0.4, 0.5) is 5.82 Å². The minimum Gasteiger partial charge on any atom is -0.384 e. The van der Waals surface area contributed by atoms with Crippen LogP contribution >= 0.6 is 23.2 Å². The van der Waals surface area contributed by atoms with Gasteiger partial charge in [0.15, 0.2) is 0 Å². The molecule has 1 aromatic carbocycles. The van der Waals surface area contributed by atoms with Gasteiger partial charge in [-0.05, 0) is 24.6 Å². The van der Waals surface area contributed by atoms with Gasteiger partial charge in [0, 0.05) is 23.2 Å². The zero-order chi connectivity index (χ0) is 12.4. The number of anilines is 1. The molecule has 5 heteroatoms. The van der Waals surface area contributed by atoms with Crippen LogP contribution in [0.1, 0.15) is 13.3 Å². The fraction of sp³-hybridized carbons (Fsp3) is 0.250. The zero-order valence-electron chi connectivity index (χ0n) is 9.45. The second-order valence-electron chi connectivity index (χ2n) is 3.80. The Morgan fingerprint density at radius 3 is 2.71 bits per heavy atom. The number of rotatable bonds is 3. The second-order valence-corrected chi connectivity index (χ2v) is 4.65. The van der Waals surface area contributed by atoms with Crippen LogP contribution in [0.15, 0.2) is 24.3 Å². The molecule has 0 saturated heterocycles. The molecule has 2 rings (SSSR count). The molecule has 0 spiro atoms. The topological polar surface area (TPSA) is 43.8 Å². The summed E-state index contributed by atoms with van der Waals surface area (Å²) in [4.78, 5) is 0. The lowest BCUT2D eigenvalue weighted by molar-refractivity contribution is 0.613. The first-order valence-corrected chi connectivity index (χ1v) is 6.16. The molecule has 0 amide bonds. The van der Waals surface area contributed by atoms with E-state index in [-0.39, 0.29) is 0 Å². The Morgan fingerprint density at radius 2 is 2.06 bits per heavy atom. The van der Waals surface area contributed by atoms with E-state index in [0.29, 0.717) is 15.9 Å². The van der Waals surface area contributed by atoms with Crippen molar-refractivity contribution in [3.8, 4) is 11.3 Å². The number of hydrogen-bond donors (Lipinski definition) is 1. The molecule has 0 aliphatic heterocycles. The Morgan fingerprint density at radius 1 is 1.29 bits per heavy atom. The first kappa shape index (κ1) is 12.3. The predicted octanol–water partition coefficient (Wildman–Crippen LogP) is 3.85. The van der Waals surface area contributed by atoms with E-state index in [9.17, 15) is 0 Å². The molecule has 0 bridgehead atoms. The van der Waals surface area contributed by atoms with Gasteiger partial charge in [-0.3, -0.25) is 0 Å². The second kappa shape index (κ2) is 4.98. The number of benzene rings is 1. The Hall–Kier alpha value is -1.19. The SMILES string of the molecule is CCCn1nc(-c2ccc(Cl)cc2Cl)cc1N. The highest BCUT2D eigenvalue weighted by Crippen LogP contribution is 2.30. The average molecular weight is 270 g/mol. The van der Waals surface area contributed by atoms with Gasteiger partial charge in [0.05, 0.1) is 10.7 Å². The minimum absolute atomic E-state index is 0.582. The molecule has 3 nitrogen and oxygen atoms in total.